The molecule has 2 heteroatoms. The van der Waals surface area contributed by atoms with E-state index in [1.807, 2.05) is 0 Å². The molecule has 0 aliphatic heterocycles. The molecule has 58 heavy (non-hydrogen) atoms. The van der Waals surface area contributed by atoms with Crippen LogP contribution in [0.3, 0.4) is 0 Å². The SMILES string of the molecule is Cc1ccccc1-c1cccc(-c2cc(NC3C=CC(c4ccc(-c5ccccc5)cc4)=CC3C)c(-c3ccc(-c4ccccc4)cc3)c3oc4ccccc4c23)c1. The van der Waals surface area contributed by atoms with E-state index in [2.05, 4.69) is 225 Å². The number of nitrogens with one attached hydrogen (secondary N) is 1. The number of fused-ring (bicyclic) bond motifs is 3. The van der Waals surface area contributed by atoms with Crippen molar-refractivity contribution in [2.75, 3.05) is 5.32 Å². The summed E-state index contributed by atoms with van der Waals surface area (Å²) in [5, 5.41) is 6.29. The van der Waals surface area contributed by atoms with E-state index in [0.717, 1.165) is 49.9 Å². The molecule has 1 heterocycles. The number of aryl methyl sites for hydroxylation is 1. The zero-order valence-electron chi connectivity index (χ0n) is 32.7. The first-order valence-electron chi connectivity index (χ1n) is 20.2. The van der Waals surface area contributed by atoms with Crippen molar-refractivity contribution in [3.8, 4) is 55.6 Å². The first-order chi connectivity index (χ1) is 28.6. The van der Waals surface area contributed by atoms with Gasteiger partial charge in [-0.3, -0.25) is 0 Å². The van der Waals surface area contributed by atoms with E-state index in [0.29, 0.717) is 0 Å². The summed E-state index contributed by atoms with van der Waals surface area (Å²) in [4.78, 5) is 0. The summed E-state index contributed by atoms with van der Waals surface area (Å²) in [5.41, 5.74) is 18.3. The van der Waals surface area contributed by atoms with Crippen molar-refractivity contribution in [1.29, 1.82) is 0 Å². The van der Waals surface area contributed by atoms with Crippen LogP contribution in [-0.4, -0.2) is 6.04 Å². The normalized spacial score (nSPS) is 15.1. The van der Waals surface area contributed by atoms with E-state index in [1.165, 1.54) is 50.1 Å². The third kappa shape index (κ3) is 6.63. The smallest absolute Gasteiger partial charge is 0.145 e. The quantitative estimate of drug-likeness (QED) is 0.168. The predicted molar refractivity (Wildman–Crippen MR) is 246 cm³/mol. The van der Waals surface area contributed by atoms with E-state index in [1.54, 1.807) is 0 Å². The standard InChI is InChI=1S/C56H43NO/c1-37-14-9-10-21-48(37)46-19-13-20-47(35-46)50-36-52(57-51-33-32-45(34-38(51)2)43-26-24-41(25-27-43)39-15-5-3-6-16-39)54(56-55(50)49-22-11-12-23-53(49)58-56)44-30-28-42(29-31-44)40-17-7-4-8-18-40/h3-36,38,51,57H,1-2H3. The van der Waals surface area contributed by atoms with Crippen LogP contribution in [0.4, 0.5) is 5.69 Å². The molecule has 1 N–H and O–H groups in total. The molecule has 278 valence electrons. The van der Waals surface area contributed by atoms with Crippen molar-refractivity contribution >= 4 is 33.2 Å². The van der Waals surface area contributed by atoms with Gasteiger partial charge in [-0.15, -0.1) is 0 Å². The highest BCUT2D eigenvalue weighted by molar-refractivity contribution is 6.19. The van der Waals surface area contributed by atoms with Crippen LogP contribution in [0.2, 0.25) is 0 Å². The minimum atomic E-state index is 0.0580. The van der Waals surface area contributed by atoms with Gasteiger partial charge in [0.25, 0.3) is 0 Å². The monoisotopic (exact) mass is 745 g/mol. The molecule has 0 radical (unpaired) electrons. The van der Waals surface area contributed by atoms with E-state index < -0.39 is 0 Å². The van der Waals surface area contributed by atoms with Gasteiger partial charge >= 0.3 is 0 Å². The summed E-state index contributed by atoms with van der Waals surface area (Å²) in [7, 11) is 0. The van der Waals surface area contributed by atoms with Gasteiger partial charge in [0.05, 0.1) is 6.04 Å². The second-order valence-corrected chi connectivity index (χ2v) is 15.4. The van der Waals surface area contributed by atoms with Crippen LogP contribution in [0.5, 0.6) is 0 Å². The van der Waals surface area contributed by atoms with Crippen molar-refractivity contribution in [1.82, 2.24) is 0 Å². The Labute approximate surface area is 340 Å². The van der Waals surface area contributed by atoms with E-state index in [-0.39, 0.29) is 12.0 Å². The van der Waals surface area contributed by atoms with Crippen molar-refractivity contribution < 1.29 is 4.42 Å². The topological polar surface area (TPSA) is 25.2 Å². The number of anilines is 1. The van der Waals surface area contributed by atoms with E-state index in [4.69, 9.17) is 4.42 Å². The van der Waals surface area contributed by atoms with Crippen LogP contribution in [0.15, 0.2) is 211 Å². The first kappa shape index (κ1) is 35.3. The highest BCUT2D eigenvalue weighted by Gasteiger charge is 2.25. The second kappa shape index (κ2) is 15.1. The van der Waals surface area contributed by atoms with Crippen LogP contribution in [-0.2, 0) is 0 Å². The Hall–Kier alpha value is -7.16. The molecule has 0 bridgehead atoms. The molecule has 1 aliphatic rings. The molecule has 0 spiro atoms. The van der Waals surface area contributed by atoms with Gasteiger partial charge in [-0.2, -0.15) is 0 Å². The molecular formula is C56H43NO. The van der Waals surface area contributed by atoms with Crippen molar-refractivity contribution in [3.63, 3.8) is 0 Å². The maximum Gasteiger partial charge on any atom is 0.145 e. The Bertz CT molecular complexity index is 2970. The molecule has 2 unspecified atom stereocenters. The number of benzene rings is 8. The van der Waals surface area contributed by atoms with Crippen molar-refractivity contribution in [2.45, 2.75) is 19.9 Å². The number of hydrogen-bond acceptors (Lipinski definition) is 2. The number of hydrogen-bond donors (Lipinski definition) is 1. The fourth-order valence-electron chi connectivity index (χ4n) is 8.60. The predicted octanol–water partition coefficient (Wildman–Crippen LogP) is 15.3. The number of para-hydroxylation sites is 1. The van der Waals surface area contributed by atoms with Gasteiger partial charge in [0.1, 0.15) is 11.2 Å². The maximum absolute atomic E-state index is 6.95. The van der Waals surface area contributed by atoms with Crippen LogP contribution >= 0.6 is 0 Å². The van der Waals surface area contributed by atoms with E-state index >= 15 is 0 Å². The maximum atomic E-state index is 6.95. The van der Waals surface area contributed by atoms with Gasteiger partial charge in [0.15, 0.2) is 0 Å². The van der Waals surface area contributed by atoms with Crippen LogP contribution in [0.25, 0.3) is 83.1 Å². The fraction of sp³-hybridized carbons (Fsp3) is 0.0714. The Balaban J connectivity index is 1.10. The lowest BCUT2D eigenvalue weighted by Gasteiger charge is -2.27. The summed E-state index contributed by atoms with van der Waals surface area (Å²) in [6.07, 6.45) is 7.00. The minimum Gasteiger partial charge on any atom is -0.455 e. The molecule has 2 atom stereocenters. The zero-order chi connectivity index (χ0) is 39.0. The number of rotatable bonds is 8. The number of furan rings is 1. The van der Waals surface area contributed by atoms with Gasteiger partial charge in [-0.05, 0) is 97.8 Å². The molecule has 0 amide bonds. The Kier molecular flexibility index (Phi) is 9.16. The number of allylic oxidation sites excluding steroid dienone is 2. The molecule has 1 aliphatic carbocycles. The molecule has 1 aromatic heterocycles. The molecule has 0 saturated carbocycles. The van der Waals surface area contributed by atoms with Gasteiger partial charge in [0.2, 0.25) is 0 Å². The average Bonchev–Trinajstić information content (AvgIpc) is 3.67. The fourth-order valence-corrected chi connectivity index (χ4v) is 8.60. The molecule has 10 rings (SSSR count). The lowest BCUT2D eigenvalue weighted by molar-refractivity contribution is 0.660. The van der Waals surface area contributed by atoms with Gasteiger partial charge < -0.3 is 9.73 Å². The minimum absolute atomic E-state index is 0.0580. The highest BCUT2D eigenvalue weighted by atomic mass is 16.3. The molecule has 9 aromatic rings. The largest absolute Gasteiger partial charge is 0.455 e. The Morgan fingerprint density at radius 3 is 1.71 bits per heavy atom. The third-order valence-corrected chi connectivity index (χ3v) is 11.7. The first-order valence-corrected chi connectivity index (χ1v) is 20.2. The summed E-state index contributed by atoms with van der Waals surface area (Å²) in [6, 6.07) is 67.4. The molecule has 0 saturated heterocycles. The van der Waals surface area contributed by atoms with Crippen molar-refractivity contribution in [2.24, 2.45) is 5.92 Å². The van der Waals surface area contributed by atoms with Crippen molar-refractivity contribution in [3.05, 3.63) is 217 Å². The molecule has 0 fully saturated rings. The van der Waals surface area contributed by atoms with Crippen LogP contribution in [0.1, 0.15) is 18.1 Å². The molecule has 8 aromatic carbocycles. The summed E-state index contributed by atoms with van der Waals surface area (Å²) in [6.45, 7) is 4.49. The average molecular weight is 746 g/mol. The summed E-state index contributed by atoms with van der Waals surface area (Å²) >= 11 is 0. The van der Waals surface area contributed by atoms with Gasteiger partial charge in [0, 0.05) is 22.0 Å². The van der Waals surface area contributed by atoms with Gasteiger partial charge in [-0.25, -0.2) is 0 Å². The zero-order valence-corrected chi connectivity index (χ0v) is 32.7. The van der Waals surface area contributed by atoms with Crippen LogP contribution in [0, 0.1) is 12.8 Å². The molecule has 2 nitrogen and oxygen atoms in total. The molecular weight excluding hydrogens is 703 g/mol. The Morgan fingerprint density at radius 2 is 1.03 bits per heavy atom. The summed E-state index contributed by atoms with van der Waals surface area (Å²) < 4.78 is 6.95. The highest BCUT2D eigenvalue weighted by Crippen LogP contribution is 2.47. The van der Waals surface area contributed by atoms with Gasteiger partial charge in [-0.1, -0.05) is 195 Å². The third-order valence-electron chi connectivity index (χ3n) is 11.7. The second-order valence-electron chi connectivity index (χ2n) is 15.4. The lowest BCUT2D eigenvalue weighted by atomic mass is 9.87. The van der Waals surface area contributed by atoms with E-state index in [9.17, 15) is 0 Å². The van der Waals surface area contributed by atoms with Crippen LogP contribution < -0.4 is 5.32 Å². The Morgan fingerprint density at radius 1 is 0.483 bits per heavy atom. The lowest BCUT2D eigenvalue weighted by Crippen LogP contribution is -2.26. The summed E-state index contributed by atoms with van der Waals surface area (Å²) in [5.74, 6) is 0.223.